The van der Waals surface area contributed by atoms with Gasteiger partial charge in [-0.2, -0.15) is 0 Å². The number of rotatable bonds is 6. The standard InChI is InChI=1S/C20H19FN2O4/c21-16-10-17-14(7-4-8-22-17)9-15(16)19(25)18(24)11-23-20(26)27-12-13-5-2-1-3-6-13/h1-10,18-19,24-25H,11-12H2,(H,23,26). The molecule has 1 heterocycles. The molecular weight excluding hydrogens is 351 g/mol. The Morgan fingerprint density at radius 3 is 2.70 bits per heavy atom. The average Bonchev–Trinajstić information content (AvgIpc) is 2.70. The van der Waals surface area contributed by atoms with E-state index < -0.39 is 24.1 Å². The van der Waals surface area contributed by atoms with Gasteiger partial charge in [-0.25, -0.2) is 9.18 Å². The van der Waals surface area contributed by atoms with Gasteiger partial charge in [0, 0.05) is 29.8 Å². The van der Waals surface area contributed by atoms with E-state index in [-0.39, 0.29) is 18.7 Å². The van der Waals surface area contributed by atoms with Crippen LogP contribution in [0.4, 0.5) is 9.18 Å². The Morgan fingerprint density at radius 1 is 1.15 bits per heavy atom. The first kappa shape index (κ1) is 18.8. The normalized spacial score (nSPS) is 13.1. The maximum Gasteiger partial charge on any atom is 0.407 e. The molecule has 6 nitrogen and oxygen atoms in total. The molecule has 140 valence electrons. The molecule has 0 bridgehead atoms. The van der Waals surface area contributed by atoms with Gasteiger partial charge in [0.1, 0.15) is 24.6 Å². The molecule has 2 aromatic carbocycles. The Hall–Kier alpha value is -3.03. The van der Waals surface area contributed by atoms with Crippen LogP contribution in [-0.2, 0) is 11.3 Å². The molecule has 1 aromatic heterocycles. The van der Waals surface area contributed by atoms with Crippen molar-refractivity contribution in [3.63, 3.8) is 0 Å². The number of benzene rings is 2. The van der Waals surface area contributed by atoms with Crippen molar-refractivity contribution in [2.45, 2.75) is 18.8 Å². The second kappa shape index (κ2) is 8.57. The number of amides is 1. The highest BCUT2D eigenvalue weighted by molar-refractivity contribution is 5.79. The molecule has 7 heteroatoms. The van der Waals surface area contributed by atoms with E-state index in [9.17, 15) is 19.4 Å². The van der Waals surface area contributed by atoms with Gasteiger partial charge >= 0.3 is 6.09 Å². The molecule has 0 saturated carbocycles. The van der Waals surface area contributed by atoms with E-state index in [1.54, 1.807) is 12.1 Å². The van der Waals surface area contributed by atoms with Gasteiger partial charge in [0.25, 0.3) is 0 Å². The number of halogens is 1. The number of carbonyl (C=O) groups is 1. The quantitative estimate of drug-likeness (QED) is 0.621. The van der Waals surface area contributed by atoms with Gasteiger partial charge in [-0.05, 0) is 17.7 Å². The number of nitrogens with one attached hydrogen (secondary N) is 1. The van der Waals surface area contributed by atoms with Crippen LogP contribution in [-0.4, -0.2) is 33.9 Å². The SMILES string of the molecule is O=C(NCC(O)C(O)c1cc2cccnc2cc1F)OCc1ccccc1. The van der Waals surface area contributed by atoms with Crippen molar-refractivity contribution in [3.05, 3.63) is 77.7 Å². The number of hydrogen-bond acceptors (Lipinski definition) is 5. The molecule has 3 rings (SSSR count). The summed E-state index contributed by atoms with van der Waals surface area (Å²) in [5.41, 5.74) is 1.20. The lowest BCUT2D eigenvalue weighted by Crippen LogP contribution is -2.36. The van der Waals surface area contributed by atoms with Crippen LogP contribution in [0.3, 0.4) is 0 Å². The number of pyridine rings is 1. The number of alkyl carbamates (subject to hydrolysis) is 1. The first-order chi connectivity index (χ1) is 13.0. The summed E-state index contributed by atoms with van der Waals surface area (Å²) in [5.74, 6) is -0.681. The topological polar surface area (TPSA) is 91.7 Å². The van der Waals surface area contributed by atoms with Gasteiger partial charge in [0.15, 0.2) is 0 Å². The first-order valence-electron chi connectivity index (χ1n) is 8.39. The Bertz CT molecular complexity index is 920. The zero-order valence-electron chi connectivity index (χ0n) is 14.4. The van der Waals surface area contributed by atoms with Gasteiger partial charge in [-0.3, -0.25) is 4.98 Å². The fourth-order valence-electron chi connectivity index (χ4n) is 2.62. The van der Waals surface area contributed by atoms with Crippen LogP contribution in [0.15, 0.2) is 60.8 Å². The number of nitrogens with zero attached hydrogens (tertiary/aromatic N) is 1. The fourth-order valence-corrected chi connectivity index (χ4v) is 2.62. The van der Waals surface area contributed by atoms with Gasteiger partial charge in [-0.1, -0.05) is 36.4 Å². The van der Waals surface area contributed by atoms with Crippen molar-refractivity contribution in [1.82, 2.24) is 10.3 Å². The van der Waals surface area contributed by atoms with E-state index in [1.165, 1.54) is 18.3 Å². The van der Waals surface area contributed by atoms with Crippen LogP contribution in [0.1, 0.15) is 17.2 Å². The van der Waals surface area contributed by atoms with Gasteiger partial charge in [-0.15, -0.1) is 0 Å². The molecule has 0 spiro atoms. The second-order valence-corrected chi connectivity index (χ2v) is 6.02. The van der Waals surface area contributed by atoms with E-state index in [1.807, 2.05) is 30.3 Å². The maximum absolute atomic E-state index is 14.2. The molecule has 3 aromatic rings. The summed E-state index contributed by atoms with van der Waals surface area (Å²) in [6.07, 6.45) is -2.12. The minimum atomic E-state index is -1.51. The molecule has 0 aliphatic carbocycles. The second-order valence-electron chi connectivity index (χ2n) is 6.02. The van der Waals surface area contributed by atoms with Crippen LogP contribution < -0.4 is 5.32 Å². The average molecular weight is 370 g/mol. The Labute approximate surface area is 155 Å². The molecule has 0 aliphatic rings. The summed E-state index contributed by atoms with van der Waals surface area (Å²) in [7, 11) is 0. The number of carbonyl (C=O) groups excluding carboxylic acids is 1. The van der Waals surface area contributed by atoms with Crippen LogP contribution in [0.5, 0.6) is 0 Å². The van der Waals surface area contributed by atoms with E-state index in [2.05, 4.69) is 10.3 Å². The van der Waals surface area contributed by atoms with Crippen LogP contribution >= 0.6 is 0 Å². The smallest absolute Gasteiger partial charge is 0.407 e. The molecule has 3 N–H and O–H groups in total. The van der Waals surface area contributed by atoms with Crippen molar-refractivity contribution in [2.75, 3.05) is 6.54 Å². The van der Waals surface area contributed by atoms with Crippen molar-refractivity contribution in [2.24, 2.45) is 0 Å². The van der Waals surface area contributed by atoms with Crippen LogP contribution in [0, 0.1) is 5.82 Å². The molecule has 0 fully saturated rings. The van der Waals surface area contributed by atoms with E-state index >= 15 is 0 Å². The first-order valence-corrected chi connectivity index (χ1v) is 8.39. The number of aliphatic hydroxyl groups is 2. The maximum atomic E-state index is 14.2. The summed E-state index contributed by atoms with van der Waals surface area (Å²) in [6, 6.07) is 15.2. The van der Waals surface area contributed by atoms with Crippen molar-refractivity contribution < 1.29 is 24.1 Å². The largest absolute Gasteiger partial charge is 0.445 e. The molecule has 2 atom stereocenters. The third-order valence-corrected chi connectivity index (χ3v) is 4.07. The van der Waals surface area contributed by atoms with Crippen molar-refractivity contribution >= 4 is 17.0 Å². The lowest BCUT2D eigenvalue weighted by molar-refractivity contribution is 0.0165. The predicted octanol–water partition coefficient (Wildman–Crippen LogP) is 2.69. The highest BCUT2D eigenvalue weighted by atomic mass is 19.1. The number of aliphatic hydroxyl groups excluding tert-OH is 2. The number of hydrogen-bond donors (Lipinski definition) is 3. The zero-order valence-corrected chi connectivity index (χ0v) is 14.4. The molecule has 0 radical (unpaired) electrons. The Morgan fingerprint density at radius 2 is 1.93 bits per heavy atom. The third-order valence-electron chi connectivity index (χ3n) is 4.07. The summed E-state index contributed by atoms with van der Waals surface area (Å²) in [5, 5.41) is 23.3. The Kier molecular flexibility index (Phi) is 5.95. The van der Waals surface area contributed by atoms with Gasteiger partial charge < -0.3 is 20.3 Å². The fraction of sp³-hybridized carbons (Fsp3) is 0.200. The highest BCUT2D eigenvalue weighted by Crippen LogP contribution is 2.24. The number of fused-ring (bicyclic) bond motifs is 1. The van der Waals surface area contributed by atoms with Crippen LogP contribution in [0.2, 0.25) is 0 Å². The third kappa shape index (κ3) is 4.78. The minimum Gasteiger partial charge on any atom is -0.445 e. The highest BCUT2D eigenvalue weighted by Gasteiger charge is 2.23. The Balaban J connectivity index is 1.56. The molecule has 27 heavy (non-hydrogen) atoms. The summed E-state index contributed by atoms with van der Waals surface area (Å²) in [6.45, 7) is -0.211. The van der Waals surface area contributed by atoms with Crippen molar-refractivity contribution in [3.8, 4) is 0 Å². The van der Waals surface area contributed by atoms with Crippen molar-refractivity contribution in [1.29, 1.82) is 0 Å². The summed E-state index contributed by atoms with van der Waals surface area (Å²) in [4.78, 5) is 15.7. The predicted molar refractivity (Wildman–Crippen MR) is 97.3 cm³/mol. The molecule has 2 unspecified atom stereocenters. The summed E-state index contributed by atoms with van der Waals surface area (Å²) >= 11 is 0. The number of aromatic nitrogens is 1. The summed E-state index contributed by atoms with van der Waals surface area (Å²) < 4.78 is 19.2. The number of ether oxygens (including phenoxy) is 1. The molecule has 0 aliphatic heterocycles. The van der Waals surface area contributed by atoms with E-state index in [4.69, 9.17) is 4.74 Å². The minimum absolute atomic E-state index is 0.0672. The molecule has 0 saturated heterocycles. The van der Waals surface area contributed by atoms with E-state index in [0.717, 1.165) is 5.56 Å². The monoisotopic (exact) mass is 370 g/mol. The lowest BCUT2D eigenvalue weighted by atomic mass is 10.0. The van der Waals surface area contributed by atoms with Gasteiger partial charge in [0.05, 0.1) is 5.52 Å². The van der Waals surface area contributed by atoms with Gasteiger partial charge in [0.2, 0.25) is 0 Å². The zero-order chi connectivity index (χ0) is 19.2. The van der Waals surface area contributed by atoms with E-state index in [0.29, 0.717) is 10.9 Å². The lowest BCUT2D eigenvalue weighted by Gasteiger charge is -2.19. The molecule has 1 amide bonds. The molecular formula is C20H19FN2O4. The van der Waals surface area contributed by atoms with Crippen LogP contribution in [0.25, 0.3) is 10.9 Å².